The Labute approximate surface area is 140 Å². The van der Waals surface area contributed by atoms with E-state index in [1.54, 1.807) is 11.0 Å². The van der Waals surface area contributed by atoms with Crippen LogP contribution in [0.25, 0.3) is 11.1 Å². The number of amides is 1. The molecule has 6 heteroatoms. The number of aromatic nitrogens is 2. The molecule has 0 aliphatic rings. The van der Waals surface area contributed by atoms with E-state index in [1.807, 2.05) is 46.8 Å². The smallest absolute Gasteiger partial charge is 0.258 e. The number of aryl methyl sites for hydroxylation is 3. The van der Waals surface area contributed by atoms with Gasteiger partial charge in [-0.1, -0.05) is 5.16 Å². The van der Waals surface area contributed by atoms with E-state index in [0.29, 0.717) is 28.9 Å². The molecule has 0 saturated carbocycles. The third kappa shape index (κ3) is 2.91. The van der Waals surface area contributed by atoms with Gasteiger partial charge in [-0.05, 0) is 52.8 Å². The SMILES string of the molecule is Cc1cc(C(=O)N(Cc2ccc(C)o2)C(C)C)c2c(C)noc2n1. The fourth-order valence-electron chi connectivity index (χ4n) is 2.77. The predicted molar refractivity (Wildman–Crippen MR) is 89.7 cm³/mol. The van der Waals surface area contributed by atoms with E-state index in [2.05, 4.69) is 10.1 Å². The molecule has 0 spiro atoms. The molecule has 24 heavy (non-hydrogen) atoms. The maximum Gasteiger partial charge on any atom is 0.258 e. The van der Waals surface area contributed by atoms with Crippen LogP contribution in [0.4, 0.5) is 0 Å². The molecule has 0 aliphatic carbocycles. The molecule has 3 rings (SSSR count). The molecule has 0 aromatic carbocycles. The number of nitrogens with zero attached hydrogens (tertiary/aromatic N) is 3. The van der Waals surface area contributed by atoms with Gasteiger partial charge in [0.2, 0.25) is 0 Å². The molecule has 1 amide bonds. The van der Waals surface area contributed by atoms with Crippen molar-refractivity contribution >= 4 is 17.0 Å². The second kappa shape index (κ2) is 6.11. The van der Waals surface area contributed by atoms with Gasteiger partial charge in [0.1, 0.15) is 11.5 Å². The molecule has 0 fully saturated rings. The predicted octanol–water partition coefficient (Wildman–Crippen LogP) is 3.79. The molecular weight excluding hydrogens is 306 g/mol. The largest absolute Gasteiger partial charge is 0.464 e. The second-order valence-electron chi connectivity index (χ2n) is 6.30. The normalized spacial score (nSPS) is 11.4. The van der Waals surface area contributed by atoms with Crippen LogP contribution >= 0.6 is 0 Å². The highest BCUT2D eigenvalue weighted by Crippen LogP contribution is 2.25. The minimum absolute atomic E-state index is 0.0200. The summed E-state index contributed by atoms with van der Waals surface area (Å²) in [6, 6.07) is 5.61. The van der Waals surface area contributed by atoms with Crippen molar-refractivity contribution in [2.24, 2.45) is 0 Å². The third-order valence-corrected chi connectivity index (χ3v) is 3.98. The van der Waals surface area contributed by atoms with Crippen LogP contribution in [-0.4, -0.2) is 27.0 Å². The summed E-state index contributed by atoms with van der Waals surface area (Å²) >= 11 is 0. The van der Waals surface area contributed by atoms with Crippen molar-refractivity contribution in [2.75, 3.05) is 0 Å². The molecule has 3 aromatic heterocycles. The highest BCUT2D eigenvalue weighted by atomic mass is 16.5. The first-order valence-electron chi connectivity index (χ1n) is 7.96. The lowest BCUT2D eigenvalue weighted by atomic mass is 10.1. The van der Waals surface area contributed by atoms with E-state index in [0.717, 1.165) is 17.2 Å². The Bertz CT molecular complexity index is 892. The Kier molecular flexibility index (Phi) is 4.13. The number of furan rings is 1. The van der Waals surface area contributed by atoms with Gasteiger partial charge in [0.05, 0.1) is 23.2 Å². The minimum Gasteiger partial charge on any atom is -0.464 e. The summed E-state index contributed by atoms with van der Waals surface area (Å²) in [5, 5.41) is 4.62. The molecule has 0 aliphatic heterocycles. The van der Waals surface area contributed by atoms with Crippen molar-refractivity contribution in [3.05, 3.63) is 46.7 Å². The number of carbonyl (C=O) groups is 1. The van der Waals surface area contributed by atoms with E-state index in [-0.39, 0.29) is 11.9 Å². The van der Waals surface area contributed by atoms with Gasteiger partial charge in [0.15, 0.2) is 0 Å². The van der Waals surface area contributed by atoms with Gasteiger partial charge < -0.3 is 13.8 Å². The van der Waals surface area contributed by atoms with Crippen molar-refractivity contribution in [3.63, 3.8) is 0 Å². The van der Waals surface area contributed by atoms with E-state index in [9.17, 15) is 4.79 Å². The first-order chi connectivity index (χ1) is 11.4. The van der Waals surface area contributed by atoms with Crippen molar-refractivity contribution in [1.82, 2.24) is 15.0 Å². The van der Waals surface area contributed by atoms with Gasteiger partial charge in [-0.3, -0.25) is 4.79 Å². The number of fused-ring (bicyclic) bond motifs is 1. The maximum absolute atomic E-state index is 13.2. The number of pyridine rings is 1. The Balaban J connectivity index is 2.03. The van der Waals surface area contributed by atoms with Crippen LogP contribution in [0.5, 0.6) is 0 Å². The van der Waals surface area contributed by atoms with Gasteiger partial charge in [-0.2, -0.15) is 0 Å². The lowest BCUT2D eigenvalue weighted by molar-refractivity contribution is 0.0677. The Morgan fingerprint density at radius 1 is 1.25 bits per heavy atom. The topological polar surface area (TPSA) is 72.4 Å². The molecule has 6 nitrogen and oxygen atoms in total. The van der Waals surface area contributed by atoms with Gasteiger partial charge in [-0.15, -0.1) is 0 Å². The summed E-state index contributed by atoms with van der Waals surface area (Å²) in [5.41, 5.74) is 2.35. The van der Waals surface area contributed by atoms with E-state index in [1.165, 1.54) is 0 Å². The molecule has 126 valence electrons. The van der Waals surface area contributed by atoms with Crippen LogP contribution in [0.15, 0.2) is 27.1 Å². The van der Waals surface area contributed by atoms with E-state index < -0.39 is 0 Å². The van der Waals surface area contributed by atoms with E-state index in [4.69, 9.17) is 8.94 Å². The van der Waals surface area contributed by atoms with Crippen LogP contribution in [0, 0.1) is 20.8 Å². The summed E-state index contributed by atoms with van der Waals surface area (Å²) in [6.45, 7) is 9.93. The zero-order chi connectivity index (χ0) is 17.4. The monoisotopic (exact) mass is 327 g/mol. The summed E-state index contributed by atoms with van der Waals surface area (Å²) in [6.07, 6.45) is 0. The summed E-state index contributed by atoms with van der Waals surface area (Å²) in [7, 11) is 0. The van der Waals surface area contributed by atoms with E-state index >= 15 is 0 Å². The van der Waals surface area contributed by atoms with Gasteiger partial charge >= 0.3 is 0 Å². The van der Waals surface area contributed by atoms with Crippen LogP contribution in [0.1, 0.15) is 47.1 Å². The van der Waals surface area contributed by atoms with Gasteiger partial charge in [0, 0.05) is 11.7 Å². The molecular formula is C18H21N3O3. The summed E-state index contributed by atoms with van der Waals surface area (Å²) in [5.74, 6) is 1.51. The zero-order valence-corrected chi connectivity index (χ0v) is 14.6. The van der Waals surface area contributed by atoms with Gasteiger partial charge in [0.25, 0.3) is 11.6 Å². The van der Waals surface area contributed by atoms with Crippen LogP contribution in [0.2, 0.25) is 0 Å². The number of rotatable bonds is 4. The minimum atomic E-state index is -0.0825. The number of hydrogen-bond acceptors (Lipinski definition) is 5. The maximum atomic E-state index is 13.2. The molecule has 0 bridgehead atoms. The summed E-state index contributed by atoms with van der Waals surface area (Å²) < 4.78 is 10.9. The number of hydrogen-bond donors (Lipinski definition) is 0. The first kappa shape index (κ1) is 16.2. The van der Waals surface area contributed by atoms with Gasteiger partial charge in [-0.25, -0.2) is 4.98 Å². The highest BCUT2D eigenvalue weighted by Gasteiger charge is 2.25. The molecule has 0 unspecified atom stereocenters. The van der Waals surface area contributed by atoms with Crippen molar-refractivity contribution < 1.29 is 13.7 Å². The molecule has 0 N–H and O–H groups in total. The molecule has 0 atom stereocenters. The third-order valence-electron chi connectivity index (χ3n) is 3.98. The lowest BCUT2D eigenvalue weighted by Gasteiger charge is -2.26. The Morgan fingerprint density at radius 2 is 2.00 bits per heavy atom. The fraction of sp³-hybridized carbons (Fsp3) is 0.389. The van der Waals surface area contributed by atoms with Crippen LogP contribution in [-0.2, 0) is 6.54 Å². The molecule has 3 heterocycles. The number of carbonyl (C=O) groups excluding carboxylic acids is 1. The van der Waals surface area contributed by atoms with Crippen molar-refractivity contribution in [3.8, 4) is 0 Å². The Morgan fingerprint density at radius 3 is 2.62 bits per heavy atom. The second-order valence-corrected chi connectivity index (χ2v) is 6.30. The molecule has 0 radical (unpaired) electrons. The van der Waals surface area contributed by atoms with Crippen LogP contribution in [0.3, 0.4) is 0 Å². The quantitative estimate of drug-likeness (QED) is 0.729. The average Bonchev–Trinajstić information content (AvgIpc) is 3.09. The van der Waals surface area contributed by atoms with Crippen molar-refractivity contribution in [1.29, 1.82) is 0 Å². The average molecular weight is 327 g/mol. The molecule has 0 saturated heterocycles. The Hall–Kier alpha value is -2.63. The van der Waals surface area contributed by atoms with Crippen molar-refractivity contribution in [2.45, 2.75) is 47.2 Å². The summed E-state index contributed by atoms with van der Waals surface area (Å²) in [4.78, 5) is 19.3. The lowest BCUT2D eigenvalue weighted by Crippen LogP contribution is -2.36. The van der Waals surface area contributed by atoms with Crippen LogP contribution < -0.4 is 0 Å². The highest BCUT2D eigenvalue weighted by molar-refractivity contribution is 6.06. The molecule has 3 aromatic rings. The first-order valence-corrected chi connectivity index (χ1v) is 7.96. The fourth-order valence-corrected chi connectivity index (χ4v) is 2.77. The standard InChI is InChI=1S/C18H21N3O3/c1-10(2)21(9-14-7-6-12(4)23-14)18(22)15-8-11(3)19-17-16(15)13(5)20-24-17/h6-8,10H,9H2,1-5H3. The zero-order valence-electron chi connectivity index (χ0n) is 14.6.